The second-order valence-electron chi connectivity index (χ2n) is 6.98. The van der Waals surface area contributed by atoms with Crippen LogP contribution in [0.2, 0.25) is 0 Å². The second-order valence-corrected chi connectivity index (χ2v) is 6.98. The minimum Gasteiger partial charge on any atom is -0.497 e. The number of nitrogens with one attached hydrogen (secondary N) is 1. The van der Waals surface area contributed by atoms with E-state index in [1.54, 1.807) is 7.11 Å². The van der Waals surface area contributed by atoms with Crippen molar-refractivity contribution in [2.24, 2.45) is 11.8 Å². The molecule has 1 aromatic carbocycles. The van der Waals surface area contributed by atoms with Crippen molar-refractivity contribution in [3.05, 3.63) is 29.8 Å². The molecule has 2 saturated carbocycles. The molecule has 2 aliphatic carbocycles. The van der Waals surface area contributed by atoms with E-state index in [4.69, 9.17) is 4.74 Å². The van der Waals surface area contributed by atoms with E-state index in [0.29, 0.717) is 12.1 Å². The number of benzene rings is 1. The van der Waals surface area contributed by atoms with Crippen molar-refractivity contribution in [1.82, 2.24) is 5.32 Å². The fourth-order valence-electron chi connectivity index (χ4n) is 4.39. The quantitative estimate of drug-likeness (QED) is 0.866. The Morgan fingerprint density at radius 2 is 1.90 bits per heavy atom. The van der Waals surface area contributed by atoms with Crippen molar-refractivity contribution in [3.63, 3.8) is 0 Å². The van der Waals surface area contributed by atoms with Crippen LogP contribution in [-0.4, -0.2) is 13.2 Å². The Bertz CT molecular complexity index is 459. The normalized spacial score (nSPS) is 30.5. The first-order valence-electron chi connectivity index (χ1n) is 8.66. The second kappa shape index (κ2) is 6.83. The lowest BCUT2D eigenvalue weighted by atomic mass is 9.69. The van der Waals surface area contributed by atoms with E-state index in [1.807, 2.05) is 6.07 Å². The lowest BCUT2D eigenvalue weighted by Gasteiger charge is -2.40. The van der Waals surface area contributed by atoms with Gasteiger partial charge in [0.05, 0.1) is 7.11 Å². The summed E-state index contributed by atoms with van der Waals surface area (Å²) in [7, 11) is 1.74. The number of methoxy groups -OCH3 is 1. The van der Waals surface area contributed by atoms with Crippen LogP contribution < -0.4 is 10.1 Å². The van der Waals surface area contributed by atoms with E-state index >= 15 is 0 Å². The molecule has 3 rings (SSSR count). The van der Waals surface area contributed by atoms with Crippen LogP contribution in [0.5, 0.6) is 5.75 Å². The highest BCUT2D eigenvalue weighted by atomic mass is 16.5. The van der Waals surface area contributed by atoms with E-state index in [0.717, 1.165) is 17.6 Å². The van der Waals surface area contributed by atoms with Gasteiger partial charge in [-0.1, -0.05) is 37.8 Å². The maximum absolute atomic E-state index is 5.34. The van der Waals surface area contributed by atoms with Crippen LogP contribution in [0.3, 0.4) is 0 Å². The molecule has 0 bridgehead atoms. The number of ether oxygens (including phenoxy) is 1. The summed E-state index contributed by atoms with van der Waals surface area (Å²) < 4.78 is 5.34. The van der Waals surface area contributed by atoms with Crippen LogP contribution in [0, 0.1) is 11.8 Å². The molecule has 0 radical (unpaired) electrons. The minimum absolute atomic E-state index is 0.408. The van der Waals surface area contributed by atoms with Crippen LogP contribution in [-0.2, 0) is 0 Å². The summed E-state index contributed by atoms with van der Waals surface area (Å²) in [6.45, 7) is 2.28. The van der Waals surface area contributed by atoms with Gasteiger partial charge in [-0.05, 0) is 55.7 Å². The average Bonchev–Trinajstić information content (AvgIpc) is 2.54. The summed E-state index contributed by atoms with van der Waals surface area (Å²) in [6, 6.07) is 9.57. The monoisotopic (exact) mass is 287 g/mol. The summed E-state index contributed by atoms with van der Waals surface area (Å²) >= 11 is 0. The van der Waals surface area contributed by atoms with E-state index in [-0.39, 0.29) is 0 Å². The number of hydrogen-bond acceptors (Lipinski definition) is 2. The van der Waals surface area contributed by atoms with Crippen LogP contribution in [0.4, 0.5) is 0 Å². The highest BCUT2D eigenvalue weighted by Gasteiger charge is 2.32. The summed E-state index contributed by atoms with van der Waals surface area (Å²) in [4.78, 5) is 0. The Morgan fingerprint density at radius 3 is 2.71 bits per heavy atom. The zero-order valence-electron chi connectivity index (χ0n) is 13.5. The van der Waals surface area contributed by atoms with Gasteiger partial charge < -0.3 is 10.1 Å². The van der Waals surface area contributed by atoms with Gasteiger partial charge in [-0.2, -0.15) is 0 Å². The van der Waals surface area contributed by atoms with Crippen molar-refractivity contribution in [2.75, 3.05) is 7.11 Å². The van der Waals surface area contributed by atoms with E-state index in [1.165, 1.54) is 50.5 Å². The molecule has 0 aromatic heterocycles. The number of fused-ring (bicyclic) bond motifs is 1. The molecule has 2 fully saturated rings. The first-order valence-corrected chi connectivity index (χ1v) is 8.66. The maximum Gasteiger partial charge on any atom is 0.119 e. The van der Waals surface area contributed by atoms with Gasteiger partial charge in [-0.15, -0.1) is 0 Å². The van der Waals surface area contributed by atoms with Gasteiger partial charge in [0.15, 0.2) is 0 Å². The molecule has 0 amide bonds. The molecular formula is C19H29NO. The van der Waals surface area contributed by atoms with Gasteiger partial charge in [0.2, 0.25) is 0 Å². The first-order chi connectivity index (χ1) is 10.3. The van der Waals surface area contributed by atoms with Crippen LogP contribution in [0.15, 0.2) is 24.3 Å². The molecule has 2 aliphatic rings. The first kappa shape index (κ1) is 14.9. The summed E-state index contributed by atoms with van der Waals surface area (Å²) in [5.41, 5.74) is 1.33. The molecule has 1 aromatic rings. The standard InChI is InChI=1S/C19H29NO/c1-14(16-8-5-9-19(13-16)21-2)20-18-11-10-15-6-3-4-7-17(15)12-18/h5,8-9,13-15,17-18,20H,3-4,6-7,10-12H2,1-2H3. The Labute approximate surface area is 129 Å². The van der Waals surface area contributed by atoms with E-state index < -0.39 is 0 Å². The predicted molar refractivity (Wildman–Crippen MR) is 87.6 cm³/mol. The molecule has 2 nitrogen and oxygen atoms in total. The zero-order chi connectivity index (χ0) is 14.7. The molecule has 4 atom stereocenters. The minimum atomic E-state index is 0.408. The molecule has 2 heteroatoms. The zero-order valence-corrected chi connectivity index (χ0v) is 13.5. The molecule has 1 N–H and O–H groups in total. The van der Waals surface area contributed by atoms with Gasteiger partial charge >= 0.3 is 0 Å². The fourth-order valence-corrected chi connectivity index (χ4v) is 4.39. The summed E-state index contributed by atoms with van der Waals surface area (Å²) in [5.74, 6) is 2.98. The molecule has 0 aliphatic heterocycles. The molecule has 0 heterocycles. The third-order valence-corrected chi connectivity index (χ3v) is 5.62. The average molecular weight is 287 g/mol. The molecule has 0 saturated heterocycles. The Morgan fingerprint density at radius 1 is 1.10 bits per heavy atom. The highest BCUT2D eigenvalue weighted by Crippen LogP contribution is 2.40. The Balaban J connectivity index is 1.58. The lowest BCUT2D eigenvalue weighted by molar-refractivity contribution is 0.139. The Hall–Kier alpha value is -1.02. The van der Waals surface area contributed by atoms with Crippen molar-refractivity contribution in [2.45, 2.75) is 64.0 Å². The summed E-state index contributed by atoms with van der Waals surface area (Å²) in [5, 5.41) is 3.86. The van der Waals surface area contributed by atoms with E-state index in [2.05, 4.69) is 30.4 Å². The third-order valence-electron chi connectivity index (χ3n) is 5.62. The van der Waals surface area contributed by atoms with Crippen LogP contribution in [0.1, 0.15) is 63.5 Å². The molecule has 21 heavy (non-hydrogen) atoms. The van der Waals surface area contributed by atoms with Gasteiger partial charge in [-0.25, -0.2) is 0 Å². The third kappa shape index (κ3) is 3.60. The van der Waals surface area contributed by atoms with Crippen LogP contribution in [0.25, 0.3) is 0 Å². The van der Waals surface area contributed by atoms with Gasteiger partial charge in [-0.3, -0.25) is 0 Å². The number of rotatable bonds is 4. The van der Waals surface area contributed by atoms with Crippen molar-refractivity contribution in [1.29, 1.82) is 0 Å². The van der Waals surface area contributed by atoms with Gasteiger partial charge in [0, 0.05) is 12.1 Å². The highest BCUT2D eigenvalue weighted by molar-refractivity contribution is 5.30. The smallest absolute Gasteiger partial charge is 0.119 e. The molecule has 116 valence electrons. The maximum atomic E-state index is 5.34. The van der Waals surface area contributed by atoms with Crippen molar-refractivity contribution in [3.8, 4) is 5.75 Å². The van der Waals surface area contributed by atoms with E-state index in [9.17, 15) is 0 Å². The van der Waals surface area contributed by atoms with Gasteiger partial charge in [0.1, 0.15) is 5.75 Å². The number of hydrogen-bond donors (Lipinski definition) is 1. The molecule has 0 spiro atoms. The largest absolute Gasteiger partial charge is 0.497 e. The van der Waals surface area contributed by atoms with Crippen molar-refractivity contribution >= 4 is 0 Å². The Kier molecular flexibility index (Phi) is 4.84. The fraction of sp³-hybridized carbons (Fsp3) is 0.684. The predicted octanol–water partition coefficient (Wildman–Crippen LogP) is 4.70. The summed E-state index contributed by atoms with van der Waals surface area (Å²) in [6.07, 6.45) is 10.1. The van der Waals surface area contributed by atoms with Crippen LogP contribution >= 0.6 is 0 Å². The van der Waals surface area contributed by atoms with Gasteiger partial charge in [0.25, 0.3) is 0 Å². The SMILES string of the molecule is COc1cccc(C(C)NC2CCC3CCCCC3C2)c1. The molecular weight excluding hydrogens is 258 g/mol. The lowest BCUT2D eigenvalue weighted by Crippen LogP contribution is -2.39. The topological polar surface area (TPSA) is 21.3 Å². The molecule has 4 unspecified atom stereocenters. The van der Waals surface area contributed by atoms with Crippen molar-refractivity contribution < 1.29 is 4.74 Å².